The Morgan fingerprint density at radius 2 is 1.96 bits per heavy atom. The van der Waals surface area contributed by atoms with E-state index >= 15 is 0 Å². The fourth-order valence-electron chi connectivity index (χ4n) is 2.50. The minimum Gasteiger partial charge on any atom is -0.360 e. The van der Waals surface area contributed by atoms with Crippen molar-refractivity contribution in [3.8, 4) is 11.3 Å². The molecule has 8 nitrogen and oxygen atoms in total. The highest BCUT2D eigenvalue weighted by Crippen LogP contribution is 2.25. The number of sulfone groups is 1. The zero-order valence-electron chi connectivity index (χ0n) is 15.7. The summed E-state index contributed by atoms with van der Waals surface area (Å²) in [6, 6.07) is 1.10. The maximum absolute atomic E-state index is 12.0. The fraction of sp³-hybridized carbons (Fsp3) is 0.438. The van der Waals surface area contributed by atoms with Crippen LogP contribution in [0.1, 0.15) is 0 Å². The zero-order chi connectivity index (χ0) is 19.8. The predicted octanol–water partition coefficient (Wildman–Crippen LogP) is 3.07. The number of hydrogen-bond donors (Lipinski definition) is 0. The van der Waals surface area contributed by atoms with Crippen molar-refractivity contribution in [2.45, 2.75) is 37.4 Å². The van der Waals surface area contributed by atoms with Gasteiger partial charge in [0.25, 0.3) is 0 Å². The first-order valence-corrected chi connectivity index (χ1v) is 14.8. The van der Waals surface area contributed by atoms with Gasteiger partial charge in [-0.1, -0.05) is 19.6 Å². The molecule has 0 aliphatic carbocycles. The Morgan fingerprint density at radius 1 is 1.22 bits per heavy atom. The molecule has 146 valence electrons. The largest absolute Gasteiger partial charge is 0.360 e. The first-order valence-electron chi connectivity index (χ1n) is 8.39. The van der Waals surface area contributed by atoms with E-state index in [0.29, 0.717) is 11.3 Å². The molecule has 0 spiro atoms. The summed E-state index contributed by atoms with van der Waals surface area (Å²) >= 11 is 3.27. The number of fused-ring (bicyclic) bond motifs is 1. The first-order chi connectivity index (χ1) is 12.5. The lowest BCUT2D eigenvalue weighted by Gasteiger charge is -2.15. The molecule has 3 aromatic heterocycles. The maximum Gasteiger partial charge on any atom is 0.199 e. The molecular weight excluding hydrogens is 450 g/mol. The minimum atomic E-state index is -3.50. The lowest BCUT2D eigenvalue weighted by Crippen LogP contribution is -2.22. The number of nitrogens with zero attached hydrogens (tertiary/aromatic N) is 5. The molecule has 3 rings (SSSR count). The van der Waals surface area contributed by atoms with E-state index in [1.54, 1.807) is 27.7 Å². The van der Waals surface area contributed by atoms with E-state index in [9.17, 15) is 8.42 Å². The molecule has 0 aliphatic heterocycles. The highest BCUT2D eigenvalue weighted by molar-refractivity contribution is 9.10. The summed E-state index contributed by atoms with van der Waals surface area (Å²) in [5.74, 6) is 0. The molecule has 0 bridgehead atoms. The summed E-state index contributed by atoms with van der Waals surface area (Å²) in [5, 5.41) is 4.26. The molecule has 0 saturated carbocycles. The Balaban J connectivity index is 1.85. The molecule has 0 unspecified atom stereocenters. The normalized spacial score (nSPS) is 12.8. The van der Waals surface area contributed by atoms with E-state index in [4.69, 9.17) is 4.74 Å². The summed E-state index contributed by atoms with van der Waals surface area (Å²) in [7, 11) is -4.62. The highest BCUT2D eigenvalue weighted by atomic mass is 79.9. The van der Waals surface area contributed by atoms with Crippen LogP contribution in [0.25, 0.3) is 16.9 Å². The number of imidazole rings is 1. The topological polar surface area (TPSA) is 91.4 Å². The second-order valence-corrected chi connectivity index (χ2v) is 16.0. The molecule has 0 aromatic carbocycles. The van der Waals surface area contributed by atoms with Gasteiger partial charge in [-0.25, -0.2) is 23.1 Å². The summed E-state index contributed by atoms with van der Waals surface area (Å²) < 4.78 is 33.5. The van der Waals surface area contributed by atoms with Gasteiger partial charge in [0.05, 0.1) is 18.1 Å². The van der Waals surface area contributed by atoms with Crippen molar-refractivity contribution >= 4 is 39.5 Å². The van der Waals surface area contributed by atoms with Crippen LogP contribution in [0.15, 0.2) is 34.4 Å². The quantitative estimate of drug-likeness (QED) is 0.388. The summed E-state index contributed by atoms with van der Waals surface area (Å²) in [4.78, 5) is 8.31. The molecule has 0 radical (unpaired) electrons. The number of ether oxygens (including phenoxy) is 1. The summed E-state index contributed by atoms with van der Waals surface area (Å²) in [5.41, 5.74) is 1.83. The fourth-order valence-corrected chi connectivity index (χ4v) is 4.50. The molecule has 3 heterocycles. The average Bonchev–Trinajstić information content (AvgIpc) is 3.15. The third kappa shape index (κ3) is 4.84. The number of hydrogen-bond acceptors (Lipinski definition) is 6. The van der Waals surface area contributed by atoms with Crippen LogP contribution in [0.3, 0.4) is 0 Å². The van der Waals surface area contributed by atoms with Gasteiger partial charge in [0, 0.05) is 38.9 Å². The molecule has 0 atom stereocenters. The summed E-state index contributed by atoms with van der Waals surface area (Å²) in [6.07, 6.45) is 7.98. The van der Waals surface area contributed by atoms with Crippen molar-refractivity contribution < 1.29 is 13.2 Å². The molecule has 11 heteroatoms. The molecule has 27 heavy (non-hydrogen) atoms. The monoisotopic (exact) mass is 471 g/mol. The van der Waals surface area contributed by atoms with Crippen molar-refractivity contribution in [1.82, 2.24) is 24.1 Å². The molecule has 3 aromatic rings. The SMILES string of the molecule is C[Si](C)(C)CCOCn1cc(-c2cnc3c(S(C)(=O)=O)nc(Br)cn23)cn1. The lowest BCUT2D eigenvalue weighted by molar-refractivity contribution is 0.0786. The first kappa shape index (κ1) is 20.2. The van der Waals surface area contributed by atoms with Crippen molar-refractivity contribution in [3.05, 3.63) is 29.4 Å². The van der Waals surface area contributed by atoms with Crippen LogP contribution in [0.2, 0.25) is 25.7 Å². The minimum absolute atomic E-state index is 0.0646. The van der Waals surface area contributed by atoms with Crippen LogP contribution in [0.5, 0.6) is 0 Å². The van der Waals surface area contributed by atoms with Gasteiger partial charge in [-0.3, -0.25) is 4.40 Å². The zero-order valence-corrected chi connectivity index (χ0v) is 19.1. The molecule has 0 amide bonds. The second kappa shape index (κ2) is 7.45. The van der Waals surface area contributed by atoms with Crippen LogP contribution >= 0.6 is 15.9 Å². The van der Waals surface area contributed by atoms with Crippen LogP contribution in [0, 0.1) is 0 Å². The van der Waals surface area contributed by atoms with Crippen LogP contribution in [-0.4, -0.2) is 53.5 Å². The number of aromatic nitrogens is 5. The third-order valence-corrected chi connectivity index (χ3v) is 6.99. The third-order valence-electron chi connectivity index (χ3n) is 3.93. The van der Waals surface area contributed by atoms with Crippen molar-refractivity contribution in [2.24, 2.45) is 0 Å². The van der Waals surface area contributed by atoms with E-state index in [2.05, 4.69) is 50.6 Å². The van der Waals surface area contributed by atoms with Crippen molar-refractivity contribution in [2.75, 3.05) is 12.9 Å². The lowest BCUT2D eigenvalue weighted by atomic mass is 10.3. The van der Waals surface area contributed by atoms with Gasteiger partial charge < -0.3 is 4.74 Å². The molecule has 0 fully saturated rings. The van der Waals surface area contributed by atoms with Crippen molar-refractivity contribution in [1.29, 1.82) is 0 Å². The standard InChI is InChI=1S/C16H22BrN5O3SSi/c1-26(23,24)16-15-18-8-13(22(15)10-14(17)20-16)12-7-19-21(9-12)11-25-5-6-27(2,3)4/h7-10H,5-6,11H2,1-4H3. The van der Waals surface area contributed by atoms with E-state index < -0.39 is 17.9 Å². The number of halogens is 1. The van der Waals surface area contributed by atoms with Gasteiger partial charge in [-0.05, 0) is 22.0 Å². The van der Waals surface area contributed by atoms with E-state index in [1.807, 2.05) is 6.20 Å². The van der Waals surface area contributed by atoms with Crippen LogP contribution < -0.4 is 0 Å². The molecule has 0 saturated heterocycles. The predicted molar refractivity (Wildman–Crippen MR) is 109 cm³/mol. The van der Waals surface area contributed by atoms with Gasteiger partial charge in [-0.15, -0.1) is 0 Å². The van der Waals surface area contributed by atoms with Gasteiger partial charge in [0.15, 0.2) is 20.5 Å². The Hall–Kier alpha value is -1.56. The maximum atomic E-state index is 12.0. The van der Waals surface area contributed by atoms with Crippen LogP contribution in [0.4, 0.5) is 0 Å². The van der Waals surface area contributed by atoms with E-state index in [-0.39, 0.29) is 10.7 Å². The molecule has 0 aliphatic rings. The van der Waals surface area contributed by atoms with Gasteiger partial charge in [-0.2, -0.15) is 5.10 Å². The Bertz CT molecular complexity index is 1070. The molecular formula is C16H22BrN5O3SSi. The van der Waals surface area contributed by atoms with Gasteiger partial charge >= 0.3 is 0 Å². The van der Waals surface area contributed by atoms with Gasteiger partial charge in [0.2, 0.25) is 0 Å². The Labute approximate surface area is 167 Å². The Morgan fingerprint density at radius 3 is 2.63 bits per heavy atom. The number of rotatable bonds is 7. The molecule has 0 N–H and O–H groups in total. The Kier molecular flexibility index (Phi) is 5.57. The van der Waals surface area contributed by atoms with E-state index in [1.165, 1.54) is 0 Å². The second-order valence-electron chi connectivity index (χ2n) is 7.59. The smallest absolute Gasteiger partial charge is 0.199 e. The average molecular weight is 472 g/mol. The highest BCUT2D eigenvalue weighted by Gasteiger charge is 2.20. The van der Waals surface area contributed by atoms with Gasteiger partial charge in [0.1, 0.15) is 11.3 Å². The summed E-state index contributed by atoms with van der Waals surface area (Å²) in [6.45, 7) is 8.03. The van der Waals surface area contributed by atoms with E-state index in [0.717, 1.165) is 30.2 Å². The van der Waals surface area contributed by atoms with Crippen LogP contribution in [-0.2, 0) is 21.3 Å². The van der Waals surface area contributed by atoms with Crippen molar-refractivity contribution in [3.63, 3.8) is 0 Å².